The summed E-state index contributed by atoms with van der Waals surface area (Å²) in [4.78, 5) is 1.66. The minimum Gasteiger partial charge on any atom is -0.328 e. The van der Waals surface area contributed by atoms with E-state index in [0.29, 0.717) is 0 Å². The molecule has 0 amide bonds. The molecule has 0 aromatic heterocycles. The number of rotatable bonds is 8. The predicted molar refractivity (Wildman–Crippen MR) is 103 cm³/mol. The molecule has 1 nitrogen and oxygen atoms in total. The van der Waals surface area contributed by atoms with E-state index in [9.17, 15) is 0 Å². The van der Waals surface area contributed by atoms with Crippen molar-refractivity contribution in [3.63, 3.8) is 0 Å². The smallest absolute Gasteiger partial charge is 0.126 e. The molecule has 1 saturated carbocycles. The highest BCUT2D eigenvalue weighted by Crippen LogP contribution is 2.30. The highest BCUT2D eigenvalue weighted by atomic mass is 15.2. The molecule has 126 valence electrons. The number of benzene rings is 2. The zero-order chi connectivity index (χ0) is 16.8. The van der Waals surface area contributed by atoms with E-state index < -0.39 is 0 Å². The van der Waals surface area contributed by atoms with Gasteiger partial charge in [-0.1, -0.05) is 79.7 Å². The molecule has 2 atom stereocenters. The zero-order valence-corrected chi connectivity index (χ0v) is 15.0. The Bertz CT molecular complexity index is 642. The number of quaternary nitrogens is 1. The van der Waals surface area contributed by atoms with E-state index in [2.05, 4.69) is 86.8 Å². The van der Waals surface area contributed by atoms with E-state index in [1.165, 1.54) is 30.5 Å². The summed E-state index contributed by atoms with van der Waals surface area (Å²) in [5.74, 6) is 0.942. The maximum absolute atomic E-state index is 2.39. The first-order chi connectivity index (χ1) is 11.7. The quantitative estimate of drug-likeness (QED) is 0.739. The van der Waals surface area contributed by atoms with Crippen molar-refractivity contribution in [3.8, 4) is 0 Å². The standard InChI is InChI=1S/C23H29N/c1-3-23(22-14-8-5-9-15-22,24(2)19-21-16-17-21)18-10-13-20-11-6-4-7-12-20/h4-15,21H,3,16-19H2,1-2H3/p+1/b13-10+/t23-/m0/s1. The van der Waals surface area contributed by atoms with E-state index in [-0.39, 0.29) is 5.54 Å². The Morgan fingerprint density at radius 3 is 2.21 bits per heavy atom. The third kappa shape index (κ3) is 3.96. The molecular weight excluding hydrogens is 290 g/mol. The number of hydrogen-bond donors (Lipinski definition) is 1. The van der Waals surface area contributed by atoms with Crippen molar-refractivity contribution in [2.45, 2.75) is 38.1 Å². The van der Waals surface area contributed by atoms with Gasteiger partial charge < -0.3 is 4.90 Å². The Kier molecular flexibility index (Phi) is 5.52. The first kappa shape index (κ1) is 17.0. The van der Waals surface area contributed by atoms with Crippen LogP contribution in [0.1, 0.15) is 43.7 Å². The summed E-state index contributed by atoms with van der Waals surface area (Å²) in [5.41, 5.74) is 2.94. The Labute approximate surface area is 147 Å². The molecule has 0 aliphatic heterocycles. The molecule has 0 saturated heterocycles. The molecule has 1 aliphatic carbocycles. The average Bonchev–Trinajstić information content (AvgIpc) is 3.44. The highest BCUT2D eigenvalue weighted by Gasteiger charge is 2.40. The Morgan fingerprint density at radius 1 is 1.00 bits per heavy atom. The molecule has 0 heterocycles. The van der Waals surface area contributed by atoms with Gasteiger partial charge in [0, 0.05) is 24.3 Å². The molecule has 2 aromatic carbocycles. The van der Waals surface area contributed by atoms with Gasteiger partial charge in [0.05, 0.1) is 13.6 Å². The van der Waals surface area contributed by atoms with Gasteiger partial charge >= 0.3 is 0 Å². The maximum atomic E-state index is 2.39. The molecule has 0 spiro atoms. The second-order valence-electron chi connectivity index (χ2n) is 7.25. The van der Waals surface area contributed by atoms with Gasteiger partial charge in [0.2, 0.25) is 0 Å². The lowest BCUT2D eigenvalue weighted by Crippen LogP contribution is -3.16. The predicted octanol–water partition coefficient (Wildman–Crippen LogP) is 4.32. The molecule has 0 bridgehead atoms. The van der Waals surface area contributed by atoms with Crippen LogP contribution in [0.2, 0.25) is 0 Å². The molecule has 1 heteroatoms. The van der Waals surface area contributed by atoms with Crippen molar-refractivity contribution < 1.29 is 4.90 Å². The van der Waals surface area contributed by atoms with Gasteiger partial charge in [0.25, 0.3) is 0 Å². The maximum Gasteiger partial charge on any atom is 0.126 e. The van der Waals surface area contributed by atoms with Gasteiger partial charge in [-0.15, -0.1) is 0 Å². The summed E-state index contributed by atoms with van der Waals surface area (Å²) in [5, 5.41) is 0. The van der Waals surface area contributed by atoms with E-state index >= 15 is 0 Å². The fraction of sp³-hybridized carbons (Fsp3) is 0.391. The Morgan fingerprint density at radius 2 is 1.62 bits per heavy atom. The van der Waals surface area contributed by atoms with Gasteiger partial charge in [-0.2, -0.15) is 0 Å². The van der Waals surface area contributed by atoms with Crippen LogP contribution in [-0.4, -0.2) is 13.6 Å². The van der Waals surface area contributed by atoms with E-state index in [0.717, 1.165) is 18.8 Å². The topological polar surface area (TPSA) is 4.44 Å². The monoisotopic (exact) mass is 320 g/mol. The molecule has 24 heavy (non-hydrogen) atoms. The first-order valence-corrected chi connectivity index (χ1v) is 9.34. The molecular formula is C23H30N+. The third-order valence-corrected chi connectivity index (χ3v) is 5.61. The van der Waals surface area contributed by atoms with Gasteiger partial charge in [-0.3, -0.25) is 0 Å². The fourth-order valence-electron chi connectivity index (χ4n) is 3.86. The van der Waals surface area contributed by atoms with Crippen molar-refractivity contribution in [1.82, 2.24) is 0 Å². The fourth-order valence-corrected chi connectivity index (χ4v) is 3.86. The van der Waals surface area contributed by atoms with E-state index in [4.69, 9.17) is 0 Å². The normalized spacial score (nSPS) is 18.4. The summed E-state index contributed by atoms with van der Waals surface area (Å²) < 4.78 is 0. The summed E-state index contributed by atoms with van der Waals surface area (Å²) in [6.45, 7) is 3.64. The summed E-state index contributed by atoms with van der Waals surface area (Å²) in [6, 6.07) is 21.8. The van der Waals surface area contributed by atoms with Crippen molar-refractivity contribution >= 4 is 6.08 Å². The van der Waals surface area contributed by atoms with Crippen molar-refractivity contribution in [2.24, 2.45) is 5.92 Å². The zero-order valence-electron chi connectivity index (χ0n) is 15.0. The van der Waals surface area contributed by atoms with Crippen LogP contribution in [0.4, 0.5) is 0 Å². The van der Waals surface area contributed by atoms with Gasteiger partial charge in [-0.25, -0.2) is 0 Å². The van der Waals surface area contributed by atoms with Crippen LogP contribution in [0.15, 0.2) is 66.7 Å². The van der Waals surface area contributed by atoms with Crippen molar-refractivity contribution in [1.29, 1.82) is 0 Å². The van der Waals surface area contributed by atoms with Crippen LogP contribution in [0.5, 0.6) is 0 Å². The molecule has 0 radical (unpaired) electrons. The van der Waals surface area contributed by atoms with Gasteiger partial charge in [0.15, 0.2) is 0 Å². The second-order valence-corrected chi connectivity index (χ2v) is 7.25. The van der Waals surface area contributed by atoms with Crippen LogP contribution >= 0.6 is 0 Å². The lowest BCUT2D eigenvalue weighted by atomic mass is 9.82. The lowest BCUT2D eigenvalue weighted by molar-refractivity contribution is -0.945. The Hall–Kier alpha value is -1.86. The minimum absolute atomic E-state index is 0.176. The largest absolute Gasteiger partial charge is 0.328 e. The van der Waals surface area contributed by atoms with Crippen LogP contribution in [-0.2, 0) is 5.54 Å². The number of nitrogens with one attached hydrogen (secondary N) is 1. The SMILES string of the molecule is CC[C@](C/C=C/c1ccccc1)(c1ccccc1)[NH+](C)CC1CC1. The van der Waals surface area contributed by atoms with Gasteiger partial charge in [0.1, 0.15) is 5.54 Å². The molecule has 1 unspecified atom stereocenters. The Balaban J connectivity index is 1.84. The molecule has 1 fully saturated rings. The van der Waals surface area contributed by atoms with Crippen molar-refractivity contribution in [3.05, 3.63) is 77.9 Å². The second kappa shape index (κ2) is 7.81. The van der Waals surface area contributed by atoms with Crippen LogP contribution in [0.3, 0.4) is 0 Å². The molecule has 1 aliphatic rings. The van der Waals surface area contributed by atoms with Gasteiger partial charge in [-0.05, 0) is 18.4 Å². The molecule has 1 N–H and O–H groups in total. The molecule has 2 aromatic rings. The highest BCUT2D eigenvalue weighted by molar-refractivity contribution is 5.49. The van der Waals surface area contributed by atoms with Crippen LogP contribution in [0, 0.1) is 5.92 Å². The van der Waals surface area contributed by atoms with Crippen LogP contribution < -0.4 is 4.90 Å². The third-order valence-electron chi connectivity index (χ3n) is 5.61. The van der Waals surface area contributed by atoms with Crippen LogP contribution in [0.25, 0.3) is 6.08 Å². The van der Waals surface area contributed by atoms with Crippen molar-refractivity contribution in [2.75, 3.05) is 13.6 Å². The number of hydrogen-bond acceptors (Lipinski definition) is 0. The summed E-state index contributed by atoms with van der Waals surface area (Å²) in [6.07, 6.45) is 9.74. The summed E-state index contributed by atoms with van der Waals surface area (Å²) in [7, 11) is 2.39. The lowest BCUT2D eigenvalue weighted by Gasteiger charge is -2.38. The molecule has 3 rings (SSSR count). The van der Waals surface area contributed by atoms with E-state index in [1.54, 1.807) is 4.90 Å². The summed E-state index contributed by atoms with van der Waals surface area (Å²) >= 11 is 0. The first-order valence-electron chi connectivity index (χ1n) is 9.34. The minimum atomic E-state index is 0.176. The van der Waals surface area contributed by atoms with E-state index in [1.807, 2.05) is 0 Å². The average molecular weight is 321 g/mol.